The number of aromatic amines is 1. The molecule has 33 heavy (non-hydrogen) atoms. The first kappa shape index (κ1) is 21.3. The molecule has 0 aliphatic heterocycles. The van der Waals surface area contributed by atoms with Gasteiger partial charge in [-0.15, -0.1) is 11.3 Å². The van der Waals surface area contributed by atoms with E-state index in [4.69, 9.17) is 9.72 Å². The fraction of sp³-hybridized carbons (Fsp3) is 0.222. The Morgan fingerprint density at radius 3 is 2.39 bits per heavy atom. The molecule has 1 N–H and O–H groups in total. The van der Waals surface area contributed by atoms with Crippen molar-refractivity contribution in [1.29, 1.82) is 0 Å². The Morgan fingerprint density at radius 2 is 1.70 bits per heavy atom. The molecule has 6 heteroatoms. The minimum atomic E-state index is -0.207. The fourth-order valence-electron chi connectivity index (χ4n) is 4.39. The molecule has 1 aliphatic carbocycles. The molecule has 0 radical (unpaired) electrons. The van der Waals surface area contributed by atoms with Gasteiger partial charge in [-0.3, -0.25) is 9.59 Å². The highest BCUT2D eigenvalue weighted by Gasteiger charge is 2.28. The lowest BCUT2D eigenvalue weighted by Crippen LogP contribution is -2.24. The van der Waals surface area contributed by atoms with Gasteiger partial charge in [0.05, 0.1) is 18.4 Å². The molecule has 4 aromatic rings. The summed E-state index contributed by atoms with van der Waals surface area (Å²) in [4.78, 5) is 34.9. The van der Waals surface area contributed by atoms with Crippen LogP contribution in [0.4, 0.5) is 0 Å². The number of pyridine rings is 1. The standard InChI is InChI=1S/C27H24N2O3S/c1-15-4-6-18(7-5-15)25-16(2)33-27(29-25)22-14-21-23(28-26(22)31)12-19(13-24(21)30)17-8-10-20(32-3)11-9-17/h4-11,14,19H,12-13H2,1-3H3,(H,28,31)/t19-/m1/s1. The minimum Gasteiger partial charge on any atom is -0.497 e. The van der Waals surface area contributed by atoms with Gasteiger partial charge in [0.25, 0.3) is 5.56 Å². The van der Waals surface area contributed by atoms with E-state index in [1.165, 1.54) is 16.9 Å². The van der Waals surface area contributed by atoms with Crippen molar-refractivity contribution >= 4 is 17.1 Å². The predicted octanol–water partition coefficient (Wildman–Crippen LogP) is 5.70. The number of benzene rings is 2. The molecule has 0 bridgehead atoms. The molecule has 2 heterocycles. The van der Waals surface area contributed by atoms with Gasteiger partial charge in [-0.05, 0) is 49.9 Å². The van der Waals surface area contributed by atoms with Gasteiger partial charge in [0.1, 0.15) is 10.8 Å². The second-order valence-corrected chi connectivity index (χ2v) is 9.70. The van der Waals surface area contributed by atoms with Gasteiger partial charge in [0.2, 0.25) is 0 Å². The molecule has 5 rings (SSSR count). The van der Waals surface area contributed by atoms with Crippen molar-refractivity contribution in [1.82, 2.24) is 9.97 Å². The summed E-state index contributed by atoms with van der Waals surface area (Å²) in [6.07, 6.45) is 1.03. The van der Waals surface area contributed by atoms with E-state index in [1.807, 2.05) is 50.2 Å². The van der Waals surface area contributed by atoms with Crippen LogP contribution < -0.4 is 10.3 Å². The summed E-state index contributed by atoms with van der Waals surface area (Å²) in [6, 6.07) is 17.7. The van der Waals surface area contributed by atoms with Crippen molar-refractivity contribution in [2.24, 2.45) is 0 Å². The number of nitrogens with zero attached hydrogens (tertiary/aromatic N) is 1. The van der Waals surface area contributed by atoms with Crippen molar-refractivity contribution < 1.29 is 9.53 Å². The zero-order valence-corrected chi connectivity index (χ0v) is 19.6. The number of H-pyrrole nitrogens is 1. The molecule has 1 aliphatic rings. The normalized spacial score (nSPS) is 15.4. The second kappa shape index (κ2) is 8.45. The zero-order chi connectivity index (χ0) is 23.1. The van der Waals surface area contributed by atoms with Crippen molar-refractivity contribution in [3.8, 4) is 27.6 Å². The van der Waals surface area contributed by atoms with Crippen LogP contribution in [0.2, 0.25) is 0 Å². The highest BCUT2D eigenvalue weighted by Crippen LogP contribution is 2.36. The second-order valence-electron chi connectivity index (χ2n) is 8.50. The largest absolute Gasteiger partial charge is 0.497 e. The third-order valence-electron chi connectivity index (χ3n) is 6.24. The molecule has 5 nitrogen and oxygen atoms in total. The van der Waals surface area contributed by atoms with Crippen molar-refractivity contribution in [2.75, 3.05) is 7.11 Å². The zero-order valence-electron chi connectivity index (χ0n) is 18.8. The number of nitrogens with one attached hydrogen (secondary N) is 1. The number of ketones is 1. The number of thiazole rings is 1. The van der Waals surface area contributed by atoms with E-state index >= 15 is 0 Å². The summed E-state index contributed by atoms with van der Waals surface area (Å²) in [5, 5.41) is 0.636. The first-order valence-electron chi connectivity index (χ1n) is 10.9. The van der Waals surface area contributed by atoms with E-state index in [-0.39, 0.29) is 17.3 Å². The summed E-state index contributed by atoms with van der Waals surface area (Å²) < 4.78 is 5.23. The maximum absolute atomic E-state index is 13.0. The molecule has 166 valence electrons. The molecule has 0 saturated heterocycles. The van der Waals surface area contributed by atoms with Gasteiger partial charge < -0.3 is 9.72 Å². The number of carbonyl (C=O) groups excluding carboxylic acids is 1. The Labute approximate surface area is 196 Å². The maximum Gasteiger partial charge on any atom is 0.258 e. The molecule has 0 saturated carbocycles. The third-order valence-corrected chi connectivity index (χ3v) is 7.25. The molecule has 2 aromatic heterocycles. The van der Waals surface area contributed by atoms with Crippen LogP contribution in [-0.2, 0) is 6.42 Å². The smallest absolute Gasteiger partial charge is 0.258 e. The molecule has 2 aromatic carbocycles. The Morgan fingerprint density at radius 1 is 0.970 bits per heavy atom. The average Bonchev–Trinajstić information content (AvgIpc) is 3.20. The van der Waals surface area contributed by atoms with Crippen LogP contribution in [0, 0.1) is 13.8 Å². The molecule has 0 unspecified atom stereocenters. The van der Waals surface area contributed by atoms with Gasteiger partial charge in [0.15, 0.2) is 5.78 Å². The molecule has 0 spiro atoms. The highest BCUT2D eigenvalue weighted by molar-refractivity contribution is 7.15. The summed E-state index contributed by atoms with van der Waals surface area (Å²) in [5.41, 5.74) is 5.69. The van der Waals surface area contributed by atoms with Crippen LogP contribution in [0.25, 0.3) is 21.8 Å². The number of hydrogen-bond donors (Lipinski definition) is 1. The van der Waals surface area contributed by atoms with Gasteiger partial charge in [-0.25, -0.2) is 4.98 Å². The Hall–Kier alpha value is -3.51. The van der Waals surface area contributed by atoms with Crippen LogP contribution in [0.1, 0.15) is 44.4 Å². The van der Waals surface area contributed by atoms with Gasteiger partial charge in [0, 0.05) is 28.1 Å². The monoisotopic (exact) mass is 456 g/mol. The lowest BCUT2D eigenvalue weighted by atomic mass is 9.81. The number of aromatic nitrogens is 2. The number of ether oxygens (including phenoxy) is 1. The SMILES string of the molecule is COc1ccc([C@H]2CC(=O)c3cc(-c4nc(-c5ccc(C)cc5)c(C)s4)c(=O)[nH]c3C2)cc1. The fourth-order valence-corrected chi connectivity index (χ4v) is 5.34. The molecular formula is C27H24N2O3S. The lowest BCUT2D eigenvalue weighted by molar-refractivity contribution is 0.0963. The highest BCUT2D eigenvalue weighted by atomic mass is 32.1. The number of carbonyl (C=O) groups is 1. The Balaban J connectivity index is 1.49. The lowest BCUT2D eigenvalue weighted by Gasteiger charge is -2.24. The van der Waals surface area contributed by atoms with Crippen LogP contribution in [0.15, 0.2) is 59.4 Å². The van der Waals surface area contributed by atoms with Crippen LogP contribution >= 0.6 is 11.3 Å². The number of methoxy groups -OCH3 is 1. The minimum absolute atomic E-state index is 0.0349. The predicted molar refractivity (Wildman–Crippen MR) is 131 cm³/mol. The van der Waals surface area contributed by atoms with E-state index in [1.54, 1.807) is 13.2 Å². The summed E-state index contributed by atoms with van der Waals surface area (Å²) in [6.45, 7) is 4.06. The number of aryl methyl sites for hydroxylation is 2. The molecular weight excluding hydrogens is 432 g/mol. The van der Waals surface area contributed by atoms with Crippen LogP contribution in [0.3, 0.4) is 0 Å². The van der Waals surface area contributed by atoms with E-state index in [0.717, 1.165) is 27.4 Å². The summed E-state index contributed by atoms with van der Waals surface area (Å²) >= 11 is 1.48. The van der Waals surface area contributed by atoms with E-state index in [0.29, 0.717) is 34.7 Å². The number of fused-ring (bicyclic) bond motifs is 1. The van der Waals surface area contributed by atoms with E-state index in [2.05, 4.69) is 17.1 Å². The summed E-state index contributed by atoms with van der Waals surface area (Å²) in [5.74, 6) is 0.859. The van der Waals surface area contributed by atoms with Crippen molar-refractivity contribution in [3.63, 3.8) is 0 Å². The third kappa shape index (κ3) is 4.02. The summed E-state index contributed by atoms with van der Waals surface area (Å²) in [7, 11) is 1.63. The molecule has 0 amide bonds. The first-order valence-corrected chi connectivity index (χ1v) is 11.7. The molecule has 1 atom stereocenters. The van der Waals surface area contributed by atoms with Crippen LogP contribution in [0.5, 0.6) is 5.75 Å². The number of rotatable bonds is 4. The van der Waals surface area contributed by atoms with Crippen LogP contribution in [-0.4, -0.2) is 22.9 Å². The Bertz CT molecular complexity index is 1400. The van der Waals surface area contributed by atoms with Gasteiger partial charge >= 0.3 is 0 Å². The van der Waals surface area contributed by atoms with E-state index < -0.39 is 0 Å². The Kier molecular flexibility index (Phi) is 5.46. The topological polar surface area (TPSA) is 72.0 Å². The average molecular weight is 457 g/mol. The van der Waals surface area contributed by atoms with Crippen molar-refractivity contribution in [2.45, 2.75) is 32.6 Å². The molecule has 0 fully saturated rings. The first-order chi connectivity index (χ1) is 15.9. The van der Waals surface area contributed by atoms with Crippen molar-refractivity contribution in [3.05, 3.63) is 92.2 Å². The van der Waals surface area contributed by atoms with E-state index in [9.17, 15) is 9.59 Å². The maximum atomic E-state index is 13.0. The van der Waals surface area contributed by atoms with Gasteiger partial charge in [-0.1, -0.05) is 42.0 Å². The quantitative estimate of drug-likeness (QED) is 0.427. The number of hydrogen-bond acceptors (Lipinski definition) is 5. The van der Waals surface area contributed by atoms with Gasteiger partial charge in [-0.2, -0.15) is 0 Å². The number of Topliss-reactive ketones (excluding diaryl/α,β-unsaturated/α-hetero) is 1.